The molecule has 2 heteroatoms. The largest absolute Gasteiger partial charge is 0.496 e. The summed E-state index contributed by atoms with van der Waals surface area (Å²) in [5, 5.41) is 0.139. The highest BCUT2D eigenvalue weighted by atomic mass is 35.5. The van der Waals surface area contributed by atoms with Gasteiger partial charge in [-0.2, -0.15) is 0 Å². The average molecular weight is 251 g/mol. The van der Waals surface area contributed by atoms with Gasteiger partial charge in [-0.25, -0.2) is 0 Å². The van der Waals surface area contributed by atoms with Crippen molar-refractivity contribution in [3.8, 4) is 5.75 Å². The van der Waals surface area contributed by atoms with Crippen molar-refractivity contribution in [2.75, 3.05) is 7.11 Å². The first-order valence-electron chi connectivity index (χ1n) is 6.51. The highest BCUT2D eigenvalue weighted by Gasteiger charge is 2.56. The Morgan fingerprint density at radius 1 is 1.29 bits per heavy atom. The molecule has 0 heterocycles. The van der Waals surface area contributed by atoms with E-state index >= 15 is 0 Å². The van der Waals surface area contributed by atoms with Crippen LogP contribution >= 0.6 is 11.6 Å². The van der Waals surface area contributed by atoms with E-state index in [0.29, 0.717) is 5.92 Å². The van der Waals surface area contributed by atoms with Gasteiger partial charge in [0.1, 0.15) is 5.75 Å². The lowest BCUT2D eigenvalue weighted by Gasteiger charge is -2.16. The summed E-state index contributed by atoms with van der Waals surface area (Å²) < 4.78 is 5.44. The zero-order valence-corrected chi connectivity index (χ0v) is 11.2. The number of fused-ring (bicyclic) bond motifs is 1. The van der Waals surface area contributed by atoms with Crippen LogP contribution in [0.2, 0.25) is 0 Å². The zero-order chi connectivity index (χ0) is 12.0. The summed E-state index contributed by atoms with van der Waals surface area (Å²) in [4.78, 5) is 0. The Bertz CT molecular complexity index is 419. The van der Waals surface area contributed by atoms with Gasteiger partial charge in [0.05, 0.1) is 12.5 Å². The van der Waals surface area contributed by atoms with E-state index in [0.717, 1.165) is 17.6 Å². The van der Waals surface area contributed by atoms with Crippen molar-refractivity contribution in [1.82, 2.24) is 0 Å². The van der Waals surface area contributed by atoms with Gasteiger partial charge in [-0.1, -0.05) is 24.1 Å². The fourth-order valence-electron chi connectivity index (χ4n) is 3.59. The maximum absolute atomic E-state index is 6.68. The molecule has 1 nitrogen and oxygen atoms in total. The van der Waals surface area contributed by atoms with E-state index in [1.807, 2.05) is 6.07 Å². The molecule has 0 saturated heterocycles. The molecule has 2 fully saturated rings. The number of benzene rings is 1. The molecule has 2 aliphatic carbocycles. The van der Waals surface area contributed by atoms with Crippen LogP contribution in [0.3, 0.4) is 0 Å². The molecular formula is C15H19ClO. The summed E-state index contributed by atoms with van der Waals surface area (Å²) in [6.45, 7) is 2.11. The first-order valence-corrected chi connectivity index (χ1v) is 6.94. The summed E-state index contributed by atoms with van der Waals surface area (Å²) in [6, 6.07) is 6.31. The normalized spacial score (nSPS) is 32.1. The maximum atomic E-state index is 6.68. The Labute approximate surface area is 108 Å². The van der Waals surface area contributed by atoms with Crippen LogP contribution in [0.25, 0.3) is 0 Å². The van der Waals surface area contributed by atoms with E-state index in [2.05, 4.69) is 19.1 Å². The van der Waals surface area contributed by atoms with Crippen LogP contribution in [0.5, 0.6) is 5.75 Å². The SMILES string of the molecule is COc1ccc(C)cc1C(Cl)C1C2CCCC21. The maximum Gasteiger partial charge on any atom is 0.123 e. The van der Waals surface area contributed by atoms with E-state index in [1.165, 1.54) is 30.4 Å². The molecular weight excluding hydrogens is 232 g/mol. The third-order valence-corrected chi connectivity index (χ3v) is 5.02. The number of hydrogen-bond donors (Lipinski definition) is 0. The lowest BCUT2D eigenvalue weighted by atomic mass is 10.00. The van der Waals surface area contributed by atoms with E-state index in [-0.39, 0.29) is 5.38 Å². The zero-order valence-electron chi connectivity index (χ0n) is 10.4. The lowest BCUT2D eigenvalue weighted by molar-refractivity contribution is 0.406. The van der Waals surface area contributed by atoms with Crippen LogP contribution in [0.15, 0.2) is 18.2 Å². The topological polar surface area (TPSA) is 9.23 Å². The smallest absolute Gasteiger partial charge is 0.123 e. The van der Waals surface area contributed by atoms with Crippen molar-refractivity contribution in [2.24, 2.45) is 17.8 Å². The van der Waals surface area contributed by atoms with Crippen LogP contribution in [0.1, 0.15) is 35.8 Å². The second-order valence-corrected chi connectivity index (χ2v) is 5.95. The van der Waals surface area contributed by atoms with Crippen molar-refractivity contribution in [2.45, 2.75) is 31.6 Å². The van der Waals surface area contributed by atoms with E-state index < -0.39 is 0 Å². The van der Waals surface area contributed by atoms with Crippen molar-refractivity contribution in [3.63, 3.8) is 0 Å². The van der Waals surface area contributed by atoms with Gasteiger partial charge >= 0.3 is 0 Å². The third kappa shape index (κ3) is 1.85. The Hall–Kier alpha value is -0.690. The molecule has 2 saturated carbocycles. The van der Waals surface area contributed by atoms with Gasteiger partial charge in [-0.3, -0.25) is 0 Å². The summed E-state index contributed by atoms with van der Waals surface area (Å²) in [5.41, 5.74) is 2.45. The van der Waals surface area contributed by atoms with Crippen molar-refractivity contribution >= 4 is 11.6 Å². The van der Waals surface area contributed by atoms with Crippen molar-refractivity contribution in [3.05, 3.63) is 29.3 Å². The number of halogens is 1. The van der Waals surface area contributed by atoms with Crippen molar-refractivity contribution < 1.29 is 4.74 Å². The van der Waals surface area contributed by atoms with E-state index in [1.54, 1.807) is 7.11 Å². The van der Waals surface area contributed by atoms with Crippen LogP contribution in [0.4, 0.5) is 0 Å². The van der Waals surface area contributed by atoms with Gasteiger partial charge in [-0.05, 0) is 43.6 Å². The Balaban J connectivity index is 1.85. The molecule has 0 aromatic heterocycles. The van der Waals surface area contributed by atoms with E-state index in [4.69, 9.17) is 16.3 Å². The summed E-state index contributed by atoms with van der Waals surface area (Å²) in [5.74, 6) is 3.42. The predicted molar refractivity (Wildman–Crippen MR) is 70.6 cm³/mol. The van der Waals surface area contributed by atoms with Crippen molar-refractivity contribution in [1.29, 1.82) is 0 Å². The molecule has 0 N–H and O–H groups in total. The molecule has 3 unspecified atom stereocenters. The molecule has 1 aromatic carbocycles. The van der Waals surface area contributed by atoms with Crippen LogP contribution in [-0.4, -0.2) is 7.11 Å². The number of methoxy groups -OCH3 is 1. The molecule has 0 radical (unpaired) electrons. The van der Waals surface area contributed by atoms with Gasteiger partial charge in [0.15, 0.2) is 0 Å². The number of alkyl halides is 1. The highest BCUT2D eigenvalue weighted by Crippen LogP contribution is 2.64. The summed E-state index contributed by atoms with van der Waals surface area (Å²) in [6.07, 6.45) is 4.17. The molecule has 3 atom stereocenters. The minimum Gasteiger partial charge on any atom is -0.496 e. The minimum absolute atomic E-state index is 0.139. The van der Waals surface area contributed by atoms with Gasteiger partial charge in [0, 0.05) is 5.56 Å². The second-order valence-electron chi connectivity index (χ2n) is 5.48. The molecule has 17 heavy (non-hydrogen) atoms. The quantitative estimate of drug-likeness (QED) is 0.726. The molecule has 0 aliphatic heterocycles. The Kier molecular flexibility index (Phi) is 2.82. The number of ether oxygens (including phenoxy) is 1. The van der Waals surface area contributed by atoms with Gasteiger partial charge in [0.2, 0.25) is 0 Å². The van der Waals surface area contributed by atoms with Crippen LogP contribution < -0.4 is 4.74 Å². The number of aryl methyl sites for hydroxylation is 1. The van der Waals surface area contributed by atoms with Gasteiger partial charge < -0.3 is 4.74 Å². The van der Waals surface area contributed by atoms with Gasteiger partial charge in [-0.15, -0.1) is 11.6 Å². The summed E-state index contributed by atoms with van der Waals surface area (Å²) >= 11 is 6.68. The Morgan fingerprint density at radius 3 is 2.65 bits per heavy atom. The van der Waals surface area contributed by atoms with Crippen LogP contribution in [0, 0.1) is 24.7 Å². The molecule has 2 aliphatic rings. The number of hydrogen-bond acceptors (Lipinski definition) is 1. The first kappa shape index (κ1) is 11.4. The minimum atomic E-state index is 0.139. The monoisotopic (exact) mass is 250 g/mol. The summed E-state index contributed by atoms with van der Waals surface area (Å²) in [7, 11) is 1.73. The average Bonchev–Trinajstić information content (AvgIpc) is 2.81. The standard InChI is InChI=1S/C15H19ClO/c1-9-6-7-13(17-2)12(8-9)15(16)14-10-4-3-5-11(10)14/h6-8,10-11,14-15H,3-5H2,1-2H3. The predicted octanol–water partition coefficient (Wildman–Crippen LogP) is 4.33. The molecule has 0 amide bonds. The van der Waals surface area contributed by atoms with Crippen LogP contribution in [-0.2, 0) is 0 Å². The highest BCUT2D eigenvalue weighted by molar-refractivity contribution is 6.21. The molecule has 0 spiro atoms. The Morgan fingerprint density at radius 2 is 2.00 bits per heavy atom. The fourth-order valence-corrected chi connectivity index (χ4v) is 4.13. The van der Waals surface area contributed by atoms with Gasteiger partial charge in [0.25, 0.3) is 0 Å². The second kappa shape index (κ2) is 4.20. The molecule has 0 bridgehead atoms. The third-order valence-electron chi connectivity index (χ3n) is 4.49. The molecule has 3 rings (SSSR count). The number of rotatable bonds is 3. The molecule has 1 aromatic rings. The molecule has 92 valence electrons. The first-order chi connectivity index (χ1) is 8.22. The lowest BCUT2D eigenvalue weighted by Crippen LogP contribution is -2.02. The van der Waals surface area contributed by atoms with E-state index in [9.17, 15) is 0 Å². The fraction of sp³-hybridized carbons (Fsp3) is 0.600.